The second-order valence-corrected chi connectivity index (χ2v) is 8.60. The molecule has 2 aromatic rings. The molecule has 1 N–H and O–H groups in total. The van der Waals surface area contributed by atoms with E-state index < -0.39 is 0 Å². The zero-order valence-corrected chi connectivity index (χ0v) is 18.0. The molecule has 1 saturated heterocycles. The zero-order chi connectivity index (χ0) is 20.3. The lowest BCUT2D eigenvalue weighted by Crippen LogP contribution is -2.31. The minimum absolute atomic E-state index is 0.144. The number of anilines is 1. The quantitative estimate of drug-likeness (QED) is 0.480. The number of thioether (sulfide) groups is 1. The van der Waals surface area contributed by atoms with Crippen molar-refractivity contribution in [2.24, 2.45) is 0 Å². The summed E-state index contributed by atoms with van der Waals surface area (Å²) in [7, 11) is 0. The highest BCUT2D eigenvalue weighted by Gasteiger charge is 2.32. The van der Waals surface area contributed by atoms with Gasteiger partial charge in [-0.05, 0) is 36.8 Å². The number of aryl methyl sites for hydroxylation is 1. The Morgan fingerprint density at radius 2 is 1.93 bits per heavy atom. The van der Waals surface area contributed by atoms with Gasteiger partial charge in [-0.3, -0.25) is 14.5 Å². The topological polar surface area (TPSA) is 49.4 Å². The number of nitrogens with zero attached hydrogens (tertiary/aromatic N) is 1. The van der Waals surface area contributed by atoms with Gasteiger partial charge in [0.1, 0.15) is 4.32 Å². The molecule has 4 nitrogen and oxygen atoms in total. The number of thiocarbonyl (C=S) groups is 1. The van der Waals surface area contributed by atoms with Crippen molar-refractivity contribution in [1.82, 2.24) is 4.90 Å². The van der Waals surface area contributed by atoms with Gasteiger partial charge in [-0.2, -0.15) is 0 Å². The van der Waals surface area contributed by atoms with E-state index in [2.05, 4.69) is 5.32 Å². The highest BCUT2D eigenvalue weighted by Crippen LogP contribution is 2.35. The highest BCUT2D eigenvalue weighted by atomic mass is 35.5. The van der Waals surface area contributed by atoms with Crippen molar-refractivity contribution in [3.05, 3.63) is 68.5 Å². The number of hydrogen-bond donors (Lipinski definition) is 1. The lowest BCUT2D eigenvalue weighted by atomic mass is 10.2. The first-order valence-corrected chi connectivity index (χ1v) is 10.4. The predicted octanol–water partition coefficient (Wildman–Crippen LogP) is 5.53. The number of carbonyl (C=O) groups is 2. The largest absolute Gasteiger partial charge is 0.326 e. The van der Waals surface area contributed by atoms with Crippen molar-refractivity contribution in [3.63, 3.8) is 0 Å². The summed E-state index contributed by atoms with van der Waals surface area (Å²) < 4.78 is 0.414. The molecule has 1 aliphatic heterocycles. The number of benzene rings is 2. The van der Waals surface area contributed by atoms with Crippen molar-refractivity contribution >= 4 is 75.1 Å². The van der Waals surface area contributed by atoms with Crippen molar-refractivity contribution in [2.75, 3.05) is 11.9 Å². The molecule has 1 aliphatic rings. The average molecular weight is 451 g/mol. The van der Waals surface area contributed by atoms with E-state index in [-0.39, 0.29) is 24.8 Å². The third-order valence-corrected chi connectivity index (χ3v) is 6.25. The van der Waals surface area contributed by atoms with E-state index in [1.807, 2.05) is 31.2 Å². The number of carbonyl (C=O) groups excluding carboxylic acids is 2. The fourth-order valence-electron chi connectivity index (χ4n) is 2.54. The lowest BCUT2D eigenvalue weighted by molar-refractivity contribution is -0.122. The van der Waals surface area contributed by atoms with Crippen LogP contribution in [0.3, 0.4) is 0 Å². The molecule has 28 heavy (non-hydrogen) atoms. The summed E-state index contributed by atoms with van der Waals surface area (Å²) in [4.78, 5) is 26.7. The molecule has 0 spiro atoms. The average Bonchev–Trinajstić information content (AvgIpc) is 2.92. The van der Waals surface area contributed by atoms with E-state index in [1.54, 1.807) is 24.3 Å². The Morgan fingerprint density at radius 1 is 1.21 bits per heavy atom. The molecule has 0 atom stereocenters. The first-order valence-electron chi connectivity index (χ1n) is 8.41. The van der Waals surface area contributed by atoms with Crippen LogP contribution in [-0.2, 0) is 9.59 Å². The molecule has 0 radical (unpaired) electrons. The minimum Gasteiger partial charge on any atom is -0.326 e. The maximum atomic E-state index is 12.7. The van der Waals surface area contributed by atoms with E-state index in [1.165, 1.54) is 16.7 Å². The number of halogens is 2. The van der Waals surface area contributed by atoms with Crippen LogP contribution in [-0.4, -0.2) is 27.6 Å². The van der Waals surface area contributed by atoms with Gasteiger partial charge in [0.15, 0.2) is 0 Å². The molecular weight excluding hydrogens is 435 g/mol. The van der Waals surface area contributed by atoms with Crippen LogP contribution in [0.1, 0.15) is 17.5 Å². The fourth-order valence-corrected chi connectivity index (χ4v) is 4.20. The zero-order valence-electron chi connectivity index (χ0n) is 14.9. The normalized spacial score (nSPS) is 15.4. The van der Waals surface area contributed by atoms with Crippen molar-refractivity contribution in [3.8, 4) is 0 Å². The first kappa shape index (κ1) is 20.9. The molecule has 144 valence electrons. The Balaban J connectivity index is 1.63. The summed E-state index contributed by atoms with van der Waals surface area (Å²) in [5.74, 6) is -0.422. The molecular formula is C20H16Cl2N2O2S2. The monoisotopic (exact) mass is 450 g/mol. The standard InChI is InChI=1S/C20H16Cl2N2O2S2/c1-12-5-7-14(8-6-12)23-17(25)9-10-24-19(26)16(28-20(24)27)11-13-3-2-4-15(21)18(13)22/h2-8,11H,9-10H2,1H3,(H,23,25)/b16-11-. The molecule has 3 rings (SSSR count). The molecule has 0 aliphatic carbocycles. The number of nitrogens with one attached hydrogen (secondary N) is 1. The van der Waals surface area contributed by atoms with E-state index >= 15 is 0 Å². The van der Waals surface area contributed by atoms with E-state index in [0.29, 0.717) is 24.8 Å². The van der Waals surface area contributed by atoms with Gasteiger partial charge in [-0.25, -0.2) is 0 Å². The van der Waals surface area contributed by atoms with Crippen molar-refractivity contribution in [2.45, 2.75) is 13.3 Å². The molecule has 1 heterocycles. The van der Waals surface area contributed by atoms with Crippen LogP contribution >= 0.6 is 47.2 Å². The molecule has 2 aromatic carbocycles. The Morgan fingerprint density at radius 3 is 2.64 bits per heavy atom. The summed E-state index contributed by atoms with van der Waals surface area (Å²) in [6, 6.07) is 12.7. The van der Waals surface area contributed by atoms with Crippen LogP contribution in [0.2, 0.25) is 10.0 Å². The summed E-state index contributed by atoms with van der Waals surface area (Å²) in [5.41, 5.74) is 2.48. The first-order chi connectivity index (χ1) is 13.3. The molecule has 0 saturated carbocycles. The van der Waals surface area contributed by atoms with Gasteiger partial charge in [0, 0.05) is 18.7 Å². The third-order valence-electron chi connectivity index (χ3n) is 4.04. The summed E-state index contributed by atoms with van der Waals surface area (Å²) in [5, 5.41) is 3.61. The highest BCUT2D eigenvalue weighted by molar-refractivity contribution is 8.26. The Kier molecular flexibility index (Phi) is 6.78. The van der Waals surface area contributed by atoms with Crippen molar-refractivity contribution < 1.29 is 9.59 Å². The molecule has 0 aromatic heterocycles. The molecule has 1 fully saturated rings. The van der Waals surface area contributed by atoms with Gasteiger partial charge in [-0.1, -0.05) is 77.0 Å². The van der Waals surface area contributed by atoms with Crippen LogP contribution in [0.25, 0.3) is 6.08 Å². The second kappa shape index (κ2) is 9.09. The van der Waals surface area contributed by atoms with Gasteiger partial charge in [0.25, 0.3) is 5.91 Å². The molecule has 0 bridgehead atoms. The van der Waals surface area contributed by atoms with Crippen LogP contribution in [0.15, 0.2) is 47.4 Å². The summed E-state index contributed by atoms with van der Waals surface area (Å²) >= 11 is 18.7. The lowest BCUT2D eigenvalue weighted by Gasteiger charge is -2.14. The van der Waals surface area contributed by atoms with Crippen LogP contribution in [0.5, 0.6) is 0 Å². The fraction of sp³-hybridized carbons (Fsp3) is 0.150. The minimum atomic E-state index is -0.242. The van der Waals surface area contributed by atoms with Crippen LogP contribution in [0, 0.1) is 6.92 Å². The number of hydrogen-bond acceptors (Lipinski definition) is 4. The summed E-state index contributed by atoms with van der Waals surface area (Å²) in [6.45, 7) is 2.19. The smallest absolute Gasteiger partial charge is 0.266 e. The van der Waals surface area contributed by atoms with E-state index in [4.69, 9.17) is 35.4 Å². The van der Waals surface area contributed by atoms with Crippen LogP contribution < -0.4 is 5.32 Å². The van der Waals surface area contributed by atoms with Gasteiger partial charge < -0.3 is 5.32 Å². The van der Waals surface area contributed by atoms with Gasteiger partial charge in [-0.15, -0.1) is 0 Å². The van der Waals surface area contributed by atoms with E-state index in [0.717, 1.165) is 11.3 Å². The third kappa shape index (κ3) is 4.94. The number of rotatable bonds is 5. The second-order valence-electron chi connectivity index (χ2n) is 6.14. The van der Waals surface area contributed by atoms with Gasteiger partial charge in [0.05, 0.1) is 15.0 Å². The Hall–Kier alpha value is -1.86. The van der Waals surface area contributed by atoms with Gasteiger partial charge >= 0.3 is 0 Å². The van der Waals surface area contributed by atoms with Crippen molar-refractivity contribution in [1.29, 1.82) is 0 Å². The molecule has 2 amide bonds. The molecule has 8 heteroatoms. The van der Waals surface area contributed by atoms with E-state index in [9.17, 15) is 9.59 Å². The van der Waals surface area contributed by atoms with Crippen LogP contribution in [0.4, 0.5) is 5.69 Å². The number of amides is 2. The maximum Gasteiger partial charge on any atom is 0.266 e. The SMILES string of the molecule is Cc1ccc(NC(=O)CCN2C(=O)/C(=C/c3cccc(Cl)c3Cl)SC2=S)cc1. The summed E-state index contributed by atoms with van der Waals surface area (Å²) in [6.07, 6.45) is 1.81. The Bertz CT molecular complexity index is 975. The van der Waals surface area contributed by atoms with Gasteiger partial charge in [0.2, 0.25) is 5.91 Å². The maximum absolute atomic E-state index is 12.7. The molecule has 0 unspecified atom stereocenters. The Labute approximate surface area is 182 Å². The predicted molar refractivity (Wildman–Crippen MR) is 121 cm³/mol.